The zero-order chi connectivity index (χ0) is 32.2. The molecule has 3 fully saturated rings. The van der Waals surface area contributed by atoms with E-state index in [0.717, 1.165) is 12.5 Å². The SMILES string of the molecule is CCCSc1nc(N[C@@H]2C[C@H]2c2ccc(F)c(F)c2)c2nnn([C@@H]3C[C@@H](O[C@H]4O[C@@H](C(=O)O)[C@H](O)[C@@H](O)[C@@H]4O)[C@@H](O)[C@H]3O)c2n1. The second-order valence-electron chi connectivity index (χ2n) is 11.4. The summed E-state index contributed by atoms with van der Waals surface area (Å²) < 4.78 is 39.4. The molecule has 6 rings (SSSR count). The van der Waals surface area contributed by atoms with Gasteiger partial charge in [0.05, 0.1) is 12.1 Å². The van der Waals surface area contributed by atoms with Crippen LogP contribution in [0, 0.1) is 11.6 Å². The largest absolute Gasteiger partial charge is 0.479 e. The Morgan fingerprint density at radius 1 is 1.07 bits per heavy atom. The molecule has 2 aromatic heterocycles. The summed E-state index contributed by atoms with van der Waals surface area (Å²) in [6.07, 6.45) is -12.2. The first-order valence-corrected chi connectivity index (χ1v) is 15.4. The number of carboxylic acids is 1. The van der Waals surface area contributed by atoms with Crippen LogP contribution in [0.2, 0.25) is 0 Å². The summed E-state index contributed by atoms with van der Waals surface area (Å²) in [4.78, 5) is 20.7. The number of carbonyl (C=O) groups is 1. The molecule has 3 aliphatic rings. The maximum Gasteiger partial charge on any atom is 0.335 e. The number of aliphatic hydroxyl groups is 5. The molecule has 0 spiro atoms. The molecule has 7 N–H and O–H groups in total. The van der Waals surface area contributed by atoms with Crippen molar-refractivity contribution in [2.45, 2.75) is 98.4 Å². The van der Waals surface area contributed by atoms with Crippen LogP contribution in [0.1, 0.15) is 43.7 Å². The molecule has 11 atom stereocenters. The van der Waals surface area contributed by atoms with E-state index < -0.39 is 72.7 Å². The third-order valence-corrected chi connectivity index (χ3v) is 9.31. The average Bonchev–Trinajstić information content (AvgIpc) is 3.56. The maximum atomic E-state index is 13.8. The van der Waals surface area contributed by atoms with Gasteiger partial charge in [-0.25, -0.2) is 28.2 Å². The third-order valence-electron chi connectivity index (χ3n) is 8.26. The third kappa shape index (κ3) is 6.08. The lowest BCUT2D eigenvalue weighted by molar-refractivity contribution is -0.309. The van der Waals surface area contributed by atoms with Crippen LogP contribution >= 0.6 is 11.8 Å². The monoisotopic (exact) mass is 654 g/mol. The Labute approximate surface area is 258 Å². The van der Waals surface area contributed by atoms with Gasteiger partial charge in [-0.05, 0) is 30.5 Å². The van der Waals surface area contributed by atoms with E-state index in [2.05, 4.69) is 25.6 Å². The van der Waals surface area contributed by atoms with Crippen LogP contribution in [0.25, 0.3) is 11.2 Å². The molecule has 15 nitrogen and oxygen atoms in total. The van der Waals surface area contributed by atoms with Crippen LogP contribution in [0.4, 0.5) is 14.6 Å². The van der Waals surface area contributed by atoms with Gasteiger partial charge in [0.1, 0.15) is 30.5 Å². The van der Waals surface area contributed by atoms with E-state index in [1.807, 2.05) is 6.92 Å². The highest BCUT2D eigenvalue weighted by Gasteiger charge is 2.51. The summed E-state index contributed by atoms with van der Waals surface area (Å²) in [6, 6.07) is 2.70. The van der Waals surface area contributed by atoms with Crippen LogP contribution in [0.15, 0.2) is 23.4 Å². The van der Waals surface area contributed by atoms with Crippen molar-refractivity contribution in [1.29, 1.82) is 0 Å². The predicted molar refractivity (Wildman–Crippen MR) is 150 cm³/mol. The number of aliphatic carboxylic acids is 1. The molecule has 0 unspecified atom stereocenters. The maximum absolute atomic E-state index is 13.8. The fraction of sp³-hybridized carbons (Fsp3) is 0.593. The number of halogens is 2. The second-order valence-corrected chi connectivity index (χ2v) is 12.4. The van der Waals surface area contributed by atoms with Gasteiger partial charge in [0.15, 0.2) is 46.2 Å². The molecule has 18 heteroatoms. The van der Waals surface area contributed by atoms with Gasteiger partial charge in [-0.2, -0.15) is 0 Å². The fourth-order valence-electron chi connectivity index (χ4n) is 5.72. The lowest BCUT2D eigenvalue weighted by atomic mass is 9.99. The molecule has 0 radical (unpaired) electrons. The lowest BCUT2D eigenvalue weighted by Crippen LogP contribution is -2.61. The van der Waals surface area contributed by atoms with Crippen LogP contribution in [0.5, 0.6) is 0 Å². The van der Waals surface area contributed by atoms with Gasteiger partial charge in [0.2, 0.25) is 0 Å². The molecule has 45 heavy (non-hydrogen) atoms. The van der Waals surface area contributed by atoms with Crippen molar-refractivity contribution in [2.75, 3.05) is 11.1 Å². The second kappa shape index (κ2) is 12.6. The molecule has 1 aromatic carbocycles. The van der Waals surface area contributed by atoms with Crippen molar-refractivity contribution in [3.63, 3.8) is 0 Å². The summed E-state index contributed by atoms with van der Waals surface area (Å²) >= 11 is 1.39. The minimum atomic E-state index is -1.92. The van der Waals surface area contributed by atoms with Crippen LogP contribution in [-0.2, 0) is 14.3 Å². The van der Waals surface area contributed by atoms with E-state index in [0.29, 0.717) is 28.7 Å². The number of aliphatic hydroxyl groups excluding tert-OH is 5. The summed E-state index contributed by atoms with van der Waals surface area (Å²) in [5.41, 5.74) is 1.15. The number of nitrogens with zero attached hydrogens (tertiary/aromatic N) is 5. The topological polar surface area (TPSA) is 225 Å². The van der Waals surface area contributed by atoms with Gasteiger partial charge in [0.25, 0.3) is 0 Å². The number of carboxylic acid groups (broad SMARTS) is 1. The Hall–Kier alpha value is -3.10. The molecule has 3 aromatic rings. The highest BCUT2D eigenvalue weighted by molar-refractivity contribution is 7.99. The van der Waals surface area contributed by atoms with E-state index in [-0.39, 0.29) is 29.5 Å². The van der Waals surface area contributed by atoms with Gasteiger partial charge >= 0.3 is 5.97 Å². The van der Waals surface area contributed by atoms with Crippen molar-refractivity contribution in [1.82, 2.24) is 25.0 Å². The Bertz CT molecular complexity index is 1570. The molecule has 244 valence electrons. The van der Waals surface area contributed by atoms with Gasteiger partial charge < -0.3 is 45.4 Å². The van der Waals surface area contributed by atoms with E-state index in [4.69, 9.17) is 9.47 Å². The van der Waals surface area contributed by atoms with Gasteiger partial charge in [-0.3, -0.25) is 0 Å². The van der Waals surface area contributed by atoms with Crippen molar-refractivity contribution in [2.24, 2.45) is 0 Å². The molecule has 1 saturated heterocycles. The number of aromatic nitrogens is 5. The smallest absolute Gasteiger partial charge is 0.335 e. The first-order valence-electron chi connectivity index (χ1n) is 14.4. The highest BCUT2D eigenvalue weighted by atomic mass is 32.2. The van der Waals surface area contributed by atoms with Crippen molar-refractivity contribution in [3.05, 3.63) is 35.4 Å². The standard InChI is InChI=1S/C27H32F2N6O9S/c1-2-5-45-27-31-23(30-13-7-10(13)9-3-4-11(28)12(29)6-9)16-24(32-27)35(34-33-16)14-8-15(18(37)17(14)36)43-26-21(40)19(38)20(39)22(44-26)25(41)42/h3-4,6,10,13-15,17-22,26,36-40H,2,5,7-8H2,1H3,(H,41,42)(H,30,31,32)/t10-,13+,14+,15+,17-,18+,19+,20+,21-,22+,26-/m0/s1. The molecule has 3 heterocycles. The predicted octanol–water partition coefficient (Wildman–Crippen LogP) is -0.0864. The van der Waals surface area contributed by atoms with Crippen LogP contribution in [0.3, 0.4) is 0 Å². The average molecular weight is 655 g/mol. The minimum Gasteiger partial charge on any atom is -0.479 e. The molecule has 1 aliphatic heterocycles. The zero-order valence-electron chi connectivity index (χ0n) is 23.7. The lowest BCUT2D eigenvalue weighted by Gasteiger charge is -2.39. The number of benzene rings is 1. The summed E-state index contributed by atoms with van der Waals surface area (Å²) in [7, 11) is 0. The molecule has 0 bridgehead atoms. The number of fused-ring (bicyclic) bond motifs is 1. The number of thioether (sulfide) groups is 1. The summed E-state index contributed by atoms with van der Waals surface area (Å²) in [5.74, 6) is -2.48. The highest BCUT2D eigenvalue weighted by Crippen LogP contribution is 2.44. The number of hydrogen-bond donors (Lipinski definition) is 7. The van der Waals surface area contributed by atoms with Gasteiger partial charge in [-0.15, -0.1) is 5.10 Å². The molecular formula is C27H32F2N6O9S. The molecular weight excluding hydrogens is 622 g/mol. The quantitative estimate of drug-likeness (QED) is 0.112. The number of anilines is 1. The normalized spacial score (nSPS) is 34.7. The first kappa shape index (κ1) is 31.9. The van der Waals surface area contributed by atoms with Crippen molar-refractivity contribution >= 4 is 34.7 Å². The number of hydrogen-bond acceptors (Lipinski definition) is 14. The van der Waals surface area contributed by atoms with Gasteiger partial charge in [0, 0.05) is 24.1 Å². The summed E-state index contributed by atoms with van der Waals surface area (Å²) in [5, 5.41) is 73.7. The number of ether oxygens (including phenoxy) is 2. The minimum absolute atomic E-state index is 0.0886. The van der Waals surface area contributed by atoms with E-state index >= 15 is 0 Å². The van der Waals surface area contributed by atoms with Crippen LogP contribution in [-0.4, -0.2) is 122 Å². The number of nitrogens with one attached hydrogen (secondary N) is 1. The van der Waals surface area contributed by atoms with E-state index in [1.54, 1.807) is 0 Å². The Balaban J connectivity index is 1.24. The molecule has 2 aliphatic carbocycles. The number of rotatable bonds is 10. The van der Waals surface area contributed by atoms with Crippen molar-refractivity contribution in [3.8, 4) is 0 Å². The van der Waals surface area contributed by atoms with Crippen LogP contribution < -0.4 is 5.32 Å². The van der Waals surface area contributed by atoms with E-state index in [1.165, 1.54) is 28.6 Å². The first-order chi connectivity index (χ1) is 21.5. The fourth-order valence-corrected chi connectivity index (χ4v) is 6.41. The summed E-state index contributed by atoms with van der Waals surface area (Å²) in [6.45, 7) is 1.99. The van der Waals surface area contributed by atoms with Crippen molar-refractivity contribution < 1.29 is 53.7 Å². The van der Waals surface area contributed by atoms with Gasteiger partial charge in [-0.1, -0.05) is 30.0 Å². The Morgan fingerprint density at radius 3 is 2.56 bits per heavy atom. The zero-order valence-corrected chi connectivity index (χ0v) is 24.5. The molecule has 0 amide bonds. The molecule has 2 saturated carbocycles. The van der Waals surface area contributed by atoms with E-state index in [9.17, 15) is 44.2 Å². The Morgan fingerprint density at radius 2 is 1.84 bits per heavy atom. The Kier molecular flexibility index (Phi) is 8.92.